The van der Waals surface area contributed by atoms with Crippen molar-refractivity contribution in [3.63, 3.8) is 0 Å². The number of esters is 1. The number of carbonyl (C=O) groups is 1. The molecule has 0 bridgehead atoms. The van der Waals surface area contributed by atoms with Crippen molar-refractivity contribution >= 4 is 17.0 Å². The fourth-order valence-electron chi connectivity index (χ4n) is 3.58. The summed E-state index contributed by atoms with van der Waals surface area (Å²) in [5.41, 5.74) is 2.63. The van der Waals surface area contributed by atoms with Gasteiger partial charge in [-0.1, -0.05) is 6.42 Å². The molecule has 1 fully saturated rings. The fraction of sp³-hybridized carbons (Fsp3) is 0.389. The Bertz CT molecular complexity index is 935. The number of halogens is 1. The molecule has 1 saturated heterocycles. The molecule has 2 N–H and O–H groups in total. The van der Waals surface area contributed by atoms with E-state index in [0.717, 1.165) is 42.7 Å². The van der Waals surface area contributed by atoms with Gasteiger partial charge in [-0.2, -0.15) is 5.10 Å². The fourth-order valence-corrected chi connectivity index (χ4v) is 3.58. The van der Waals surface area contributed by atoms with Crippen LogP contribution in [0.2, 0.25) is 0 Å². The van der Waals surface area contributed by atoms with Crippen molar-refractivity contribution in [1.29, 1.82) is 0 Å². The minimum atomic E-state index is -0.426. The summed E-state index contributed by atoms with van der Waals surface area (Å²) in [5.74, 6) is 0.119. The summed E-state index contributed by atoms with van der Waals surface area (Å²) >= 11 is 0. The molecule has 136 valence electrons. The van der Waals surface area contributed by atoms with E-state index in [1.807, 2.05) is 0 Å². The predicted octanol–water partition coefficient (Wildman–Crippen LogP) is 2.94. The van der Waals surface area contributed by atoms with Gasteiger partial charge in [0.25, 0.3) is 0 Å². The smallest absolute Gasteiger partial charge is 0.356 e. The standard InChI is InChI=1S/C18H20FN5O2/c1-26-18(25)16-11(9-20-23-16)10-24-7-3-2-4-15(24)17-21-13-6-5-12(19)8-14(13)22-17/h5-6,8-9,15H,2-4,7,10H2,1H3,(H,20,23)(H,21,22). The van der Waals surface area contributed by atoms with Gasteiger partial charge in [-0.05, 0) is 37.6 Å². The van der Waals surface area contributed by atoms with Gasteiger partial charge in [-0.3, -0.25) is 10.00 Å². The number of likely N-dealkylation sites (tertiary alicyclic amines) is 1. The van der Waals surface area contributed by atoms with Crippen molar-refractivity contribution < 1.29 is 13.9 Å². The number of methoxy groups -OCH3 is 1. The molecule has 26 heavy (non-hydrogen) atoms. The Morgan fingerprint density at radius 3 is 3.15 bits per heavy atom. The van der Waals surface area contributed by atoms with E-state index >= 15 is 0 Å². The minimum Gasteiger partial charge on any atom is -0.464 e. The molecule has 0 radical (unpaired) electrons. The summed E-state index contributed by atoms with van der Waals surface area (Å²) in [6.45, 7) is 1.46. The number of carbonyl (C=O) groups excluding carboxylic acids is 1. The molecule has 7 nitrogen and oxygen atoms in total. The van der Waals surface area contributed by atoms with Crippen LogP contribution >= 0.6 is 0 Å². The third kappa shape index (κ3) is 3.08. The molecule has 0 aliphatic carbocycles. The summed E-state index contributed by atoms with van der Waals surface area (Å²) in [5, 5.41) is 6.69. The van der Waals surface area contributed by atoms with Crippen LogP contribution in [-0.4, -0.2) is 44.7 Å². The molecule has 1 atom stereocenters. The Morgan fingerprint density at radius 2 is 2.31 bits per heavy atom. The lowest BCUT2D eigenvalue weighted by Gasteiger charge is -2.34. The van der Waals surface area contributed by atoms with Crippen LogP contribution in [0.3, 0.4) is 0 Å². The lowest BCUT2D eigenvalue weighted by Crippen LogP contribution is -2.34. The molecule has 3 aromatic rings. The van der Waals surface area contributed by atoms with Gasteiger partial charge in [0.2, 0.25) is 0 Å². The maximum atomic E-state index is 13.5. The Kier molecular flexibility index (Phi) is 4.42. The first kappa shape index (κ1) is 16.7. The first-order valence-electron chi connectivity index (χ1n) is 8.65. The van der Waals surface area contributed by atoms with Crippen molar-refractivity contribution in [2.75, 3.05) is 13.7 Å². The summed E-state index contributed by atoms with van der Waals surface area (Å²) in [4.78, 5) is 22.1. The molecule has 1 aliphatic heterocycles. The van der Waals surface area contributed by atoms with Crippen LogP contribution in [0.15, 0.2) is 24.4 Å². The zero-order valence-electron chi connectivity index (χ0n) is 14.5. The van der Waals surface area contributed by atoms with Gasteiger partial charge >= 0.3 is 5.97 Å². The van der Waals surface area contributed by atoms with E-state index in [-0.39, 0.29) is 11.9 Å². The van der Waals surface area contributed by atoms with E-state index < -0.39 is 5.97 Å². The normalized spacial score (nSPS) is 18.3. The minimum absolute atomic E-state index is 0.0830. The Morgan fingerprint density at radius 1 is 1.42 bits per heavy atom. The molecule has 3 heterocycles. The Balaban J connectivity index is 1.62. The van der Waals surface area contributed by atoms with Crippen LogP contribution in [0, 0.1) is 5.82 Å². The summed E-state index contributed by atoms with van der Waals surface area (Å²) in [6, 6.07) is 4.65. The van der Waals surface area contributed by atoms with Gasteiger partial charge in [0.05, 0.1) is 30.4 Å². The molecule has 1 unspecified atom stereocenters. The second kappa shape index (κ2) is 6.87. The second-order valence-electron chi connectivity index (χ2n) is 6.53. The molecule has 0 saturated carbocycles. The largest absolute Gasteiger partial charge is 0.464 e. The van der Waals surface area contributed by atoms with Gasteiger partial charge in [0.15, 0.2) is 0 Å². The van der Waals surface area contributed by atoms with E-state index in [9.17, 15) is 9.18 Å². The van der Waals surface area contributed by atoms with Gasteiger partial charge < -0.3 is 9.72 Å². The van der Waals surface area contributed by atoms with Crippen LogP contribution in [0.25, 0.3) is 11.0 Å². The topological polar surface area (TPSA) is 86.9 Å². The number of aromatic amines is 2. The maximum Gasteiger partial charge on any atom is 0.356 e. The van der Waals surface area contributed by atoms with Crippen molar-refractivity contribution in [2.24, 2.45) is 0 Å². The van der Waals surface area contributed by atoms with Crippen LogP contribution in [0.4, 0.5) is 4.39 Å². The van der Waals surface area contributed by atoms with Crippen LogP contribution < -0.4 is 0 Å². The molecule has 1 aliphatic rings. The number of piperidine rings is 1. The first-order valence-corrected chi connectivity index (χ1v) is 8.65. The molecule has 0 spiro atoms. The second-order valence-corrected chi connectivity index (χ2v) is 6.53. The third-order valence-corrected chi connectivity index (χ3v) is 4.87. The first-order chi connectivity index (χ1) is 12.7. The number of fused-ring (bicyclic) bond motifs is 1. The van der Waals surface area contributed by atoms with Crippen LogP contribution in [-0.2, 0) is 11.3 Å². The predicted molar refractivity (Wildman–Crippen MR) is 93.0 cm³/mol. The van der Waals surface area contributed by atoms with E-state index in [1.165, 1.54) is 19.2 Å². The number of benzene rings is 1. The zero-order chi connectivity index (χ0) is 18.1. The molecular formula is C18H20FN5O2. The number of nitrogens with one attached hydrogen (secondary N) is 2. The van der Waals surface area contributed by atoms with Crippen molar-refractivity contribution in [2.45, 2.75) is 31.8 Å². The third-order valence-electron chi connectivity index (χ3n) is 4.87. The number of rotatable bonds is 4. The number of nitrogens with zero attached hydrogens (tertiary/aromatic N) is 3. The number of imidazole rings is 1. The van der Waals surface area contributed by atoms with Crippen LogP contribution in [0.1, 0.15) is 47.2 Å². The number of hydrogen-bond acceptors (Lipinski definition) is 5. The SMILES string of the molecule is COC(=O)c1[nH]ncc1CN1CCCCC1c1nc2ccc(F)cc2[nH]1. The quantitative estimate of drug-likeness (QED) is 0.701. The molecule has 1 aromatic carbocycles. The van der Waals surface area contributed by atoms with Gasteiger partial charge in [-0.15, -0.1) is 0 Å². The highest BCUT2D eigenvalue weighted by atomic mass is 19.1. The molecule has 2 aromatic heterocycles. The highest BCUT2D eigenvalue weighted by molar-refractivity contribution is 5.88. The van der Waals surface area contributed by atoms with E-state index in [1.54, 1.807) is 12.3 Å². The zero-order valence-corrected chi connectivity index (χ0v) is 14.5. The van der Waals surface area contributed by atoms with E-state index in [4.69, 9.17) is 4.74 Å². The molecular weight excluding hydrogens is 337 g/mol. The average Bonchev–Trinajstić information content (AvgIpc) is 3.28. The van der Waals surface area contributed by atoms with Crippen molar-refractivity contribution in [1.82, 2.24) is 25.1 Å². The monoisotopic (exact) mass is 357 g/mol. The highest BCUT2D eigenvalue weighted by Crippen LogP contribution is 2.32. The number of aromatic nitrogens is 4. The Labute approximate surface area is 149 Å². The Hall–Kier alpha value is -2.74. The molecule has 0 amide bonds. The van der Waals surface area contributed by atoms with Crippen molar-refractivity contribution in [3.05, 3.63) is 47.3 Å². The van der Waals surface area contributed by atoms with Gasteiger partial charge in [-0.25, -0.2) is 14.2 Å². The van der Waals surface area contributed by atoms with Gasteiger partial charge in [0.1, 0.15) is 17.3 Å². The number of H-pyrrole nitrogens is 2. The number of ether oxygens (including phenoxy) is 1. The average molecular weight is 357 g/mol. The summed E-state index contributed by atoms with van der Waals surface area (Å²) < 4.78 is 18.3. The lowest BCUT2D eigenvalue weighted by molar-refractivity contribution is 0.0589. The summed E-state index contributed by atoms with van der Waals surface area (Å²) in [6.07, 6.45) is 4.79. The molecule has 4 rings (SSSR count). The van der Waals surface area contributed by atoms with E-state index in [0.29, 0.717) is 17.8 Å². The van der Waals surface area contributed by atoms with Gasteiger partial charge in [0, 0.05) is 12.1 Å². The number of hydrogen-bond donors (Lipinski definition) is 2. The summed E-state index contributed by atoms with van der Waals surface area (Å²) in [7, 11) is 1.35. The lowest BCUT2D eigenvalue weighted by atomic mass is 10.0. The highest BCUT2D eigenvalue weighted by Gasteiger charge is 2.28. The van der Waals surface area contributed by atoms with Crippen LogP contribution in [0.5, 0.6) is 0 Å². The van der Waals surface area contributed by atoms with E-state index in [2.05, 4.69) is 25.1 Å². The van der Waals surface area contributed by atoms with Crippen molar-refractivity contribution in [3.8, 4) is 0 Å². The molecule has 8 heteroatoms. The maximum absolute atomic E-state index is 13.5.